The number of benzene rings is 1. The second-order valence-electron chi connectivity index (χ2n) is 15.0. The first-order valence-electron chi connectivity index (χ1n) is 20.5. The second kappa shape index (κ2) is 26.0. The van der Waals surface area contributed by atoms with E-state index in [0.717, 1.165) is 31.2 Å². The molecule has 0 spiro atoms. The molecule has 12 atom stereocenters. The lowest BCUT2D eigenvalue weighted by Crippen LogP contribution is -2.67. The van der Waals surface area contributed by atoms with Gasteiger partial charge in [-0.15, -0.1) is 0 Å². The molecule has 2 aliphatic heterocycles. The highest BCUT2D eigenvalue weighted by Gasteiger charge is 2.51. The van der Waals surface area contributed by atoms with Crippen molar-refractivity contribution in [1.29, 1.82) is 0 Å². The number of aliphatic hydroxyl groups is 6. The van der Waals surface area contributed by atoms with Crippen LogP contribution in [0.2, 0.25) is 0 Å². The first-order chi connectivity index (χ1) is 27.8. The van der Waals surface area contributed by atoms with Crippen LogP contribution < -0.4 is 21.3 Å². The van der Waals surface area contributed by atoms with E-state index < -0.39 is 86.5 Å². The molecular weight excluding hydrogens is 760 g/mol. The van der Waals surface area contributed by atoms with Crippen molar-refractivity contribution in [3.63, 3.8) is 0 Å². The predicted octanol–water partition coefficient (Wildman–Crippen LogP) is -1.10. The standard InChI is InChI=1S/C40H66N4O14/c1-4-24(2)37(53)41-18-13-8-11-17-30(48)44-27(21-26-15-9-7-10-16-26)38(54)42-19-12-5-6-14-20-55-39-31(43-25(3)47)33(50)36(29(23-46)57-39)58-40-35(52)34(51)32(49)28(22-45)56-40/h7,9-10,15-16,24,27-29,31-36,39-40,45-46,49-52H,4-6,8,11-14,17-23H2,1-3H3,(H,41,53)(H,42,54)(H,43,47)(H,44,48)/t24?,27-,28?,29?,31?,32+,33?,34?,35?,36+,39+,40-/m0/s1. The van der Waals surface area contributed by atoms with E-state index in [-0.39, 0.29) is 36.7 Å². The highest BCUT2D eigenvalue weighted by Crippen LogP contribution is 2.30. The monoisotopic (exact) mass is 826 g/mol. The zero-order valence-corrected chi connectivity index (χ0v) is 33.9. The molecule has 58 heavy (non-hydrogen) atoms. The Labute approximate surface area is 340 Å². The Morgan fingerprint density at radius 1 is 0.759 bits per heavy atom. The van der Waals surface area contributed by atoms with E-state index in [1.54, 1.807) is 0 Å². The molecule has 10 N–H and O–H groups in total. The SMILES string of the molecule is CCC(C)C(=O)NCCCCCC(=O)N[C@@H](Cc1ccccc1)C(=O)NCCCCCCO[C@@H]1OC(CO)[C@@H](O[C@@H]2OC(CO)[C@@H](O)C(O)C2O)C(O)C1NC(C)=O. The maximum atomic E-state index is 13.2. The van der Waals surface area contributed by atoms with Crippen molar-refractivity contribution in [3.05, 3.63) is 35.9 Å². The normalized spacial score (nSPS) is 28.2. The largest absolute Gasteiger partial charge is 0.394 e. The summed E-state index contributed by atoms with van der Waals surface area (Å²) in [6.07, 6.45) is -7.13. The summed E-state index contributed by atoms with van der Waals surface area (Å²) in [7, 11) is 0. The molecule has 1 aromatic carbocycles. The minimum Gasteiger partial charge on any atom is -0.394 e. The topological polar surface area (TPSA) is 275 Å². The van der Waals surface area contributed by atoms with Gasteiger partial charge < -0.3 is 70.9 Å². The number of unbranched alkanes of at least 4 members (excludes halogenated alkanes) is 5. The van der Waals surface area contributed by atoms with E-state index in [4.69, 9.17) is 18.9 Å². The number of aliphatic hydroxyl groups excluding tert-OH is 6. The molecule has 2 aliphatic rings. The molecule has 7 unspecified atom stereocenters. The Balaban J connectivity index is 1.42. The van der Waals surface area contributed by atoms with Gasteiger partial charge in [0.2, 0.25) is 23.6 Å². The van der Waals surface area contributed by atoms with Crippen LogP contribution in [0.15, 0.2) is 30.3 Å². The molecule has 330 valence electrons. The molecule has 2 fully saturated rings. The van der Waals surface area contributed by atoms with Crippen molar-refractivity contribution in [2.24, 2.45) is 5.92 Å². The number of carbonyl (C=O) groups excluding carboxylic acids is 4. The lowest BCUT2D eigenvalue weighted by molar-refractivity contribution is -0.348. The summed E-state index contributed by atoms with van der Waals surface area (Å²) in [5.41, 5.74) is 0.914. The van der Waals surface area contributed by atoms with E-state index in [9.17, 15) is 49.8 Å². The Morgan fingerprint density at radius 2 is 1.38 bits per heavy atom. The minimum atomic E-state index is -1.77. The van der Waals surface area contributed by atoms with E-state index in [0.29, 0.717) is 45.2 Å². The average Bonchev–Trinajstić information content (AvgIpc) is 3.21. The fourth-order valence-corrected chi connectivity index (χ4v) is 6.70. The summed E-state index contributed by atoms with van der Waals surface area (Å²) in [6, 6.07) is 7.53. The number of ether oxygens (including phenoxy) is 4. The van der Waals surface area contributed by atoms with Gasteiger partial charge in [0.25, 0.3) is 0 Å². The van der Waals surface area contributed by atoms with Gasteiger partial charge in [-0.05, 0) is 37.7 Å². The molecule has 18 heteroatoms. The summed E-state index contributed by atoms with van der Waals surface area (Å²) in [5, 5.41) is 72.8. The lowest BCUT2D eigenvalue weighted by Gasteiger charge is -2.47. The summed E-state index contributed by atoms with van der Waals surface area (Å²) in [4.78, 5) is 50.0. The van der Waals surface area contributed by atoms with E-state index in [2.05, 4.69) is 21.3 Å². The highest BCUT2D eigenvalue weighted by atomic mass is 16.7. The van der Waals surface area contributed by atoms with Crippen molar-refractivity contribution in [3.8, 4) is 0 Å². The van der Waals surface area contributed by atoms with Crippen molar-refractivity contribution >= 4 is 23.6 Å². The first-order valence-corrected chi connectivity index (χ1v) is 20.5. The third-order valence-electron chi connectivity index (χ3n) is 10.4. The molecule has 2 saturated heterocycles. The van der Waals surface area contributed by atoms with Gasteiger partial charge in [-0.3, -0.25) is 19.2 Å². The number of nitrogens with one attached hydrogen (secondary N) is 4. The Hall–Kier alpha value is -3.30. The van der Waals surface area contributed by atoms with Crippen LogP contribution in [0.3, 0.4) is 0 Å². The van der Waals surface area contributed by atoms with Crippen molar-refractivity contribution in [2.75, 3.05) is 32.9 Å². The Morgan fingerprint density at radius 3 is 2.02 bits per heavy atom. The van der Waals surface area contributed by atoms with Gasteiger partial charge in [-0.2, -0.15) is 0 Å². The van der Waals surface area contributed by atoms with Gasteiger partial charge in [0.05, 0.1) is 13.2 Å². The summed E-state index contributed by atoms with van der Waals surface area (Å²) < 4.78 is 22.9. The molecule has 1 aromatic rings. The van der Waals surface area contributed by atoms with Crippen molar-refractivity contribution in [1.82, 2.24) is 21.3 Å². The van der Waals surface area contributed by atoms with E-state index >= 15 is 0 Å². The molecule has 0 aromatic heterocycles. The third kappa shape index (κ3) is 15.7. The maximum absolute atomic E-state index is 13.2. The summed E-state index contributed by atoms with van der Waals surface area (Å²) in [6.45, 7) is 4.84. The van der Waals surface area contributed by atoms with Crippen molar-refractivity contribution < 1.29 is 68.8 Å². The van der Waals surface area contributed by atoms with Gasteiger partial charge in [-0.25, -0.2) is 0 Å². The smallest absolute Gasteiger partial charge is 0.242 e. The molecule has 2 heterocycles. The van der Waals surface area contributed by atoms with Gasteiger partial charge in [0.1, 0.15) is 54.8 Å². The predicted molar refractivity (Wildman–Crippen MR) is 208 cm³/mol. The van der Waals surface area contributed by atoms with Crippen LogP contribution >= 0.6 is 0 Å². The van der Waals surface area contributed by atoms with E-state index in [1.165, 1.54) is 6.92 Å². The highest BCUT2D eigenvalue weighted by molar-refractivity contribution is 5.87. The molecular formula is C40H66N4O14. The van der Waals surface area contributed by atoms with Gasteiger partial charge in [-0.1, -0.05) is 63.4 Å². The number of hydrogen-bond donors (Lipinski definition) is 10. The van der Waals surface area contributed by atoms with Crippen LogP contribution in [0.5, 0.6) is 0 Å². The van der Waals surface area contributed by atoms with Crippen LogP contribution in [0, 0.1) is 5.92 Å². The zero-order valence-electron chi connectivity index (χ0n) is 33.9. The molecule has 18 nitrogen and oxygen atoms in total. The summed E-state index contributed by atoms with van der Waals surface area (Å²) in [5.74, 6) is -0.994. The van der Waals surface area contributed by atoms with Crippen LogP contribution in [0.25, 0.3) is 0 Å². The molecule has 0 aliphatic carbocycles. The Bertz CT molecular complexity index is 1380. The lowest BCUT2D eigenvalue weighted by atomic mass is 9.95. The molecule has 0 bridgehead atoms. The maximum Gasteiger partial charge on any atom is 0.242 e. The second-order valence-corrected chi connectivity index (χ2v) is 15.0. The van der Waals surface area contributed by atoms with Crippen LogP contribution in [0.4, 0.5) is 0 Å². The van der Waals surface area contributed by atoms with Crippen LogP contribution in [0.1, 0.15) is 84.1 Å². The molecule has 3 rings (SSSR count). The number of hydrogen-bond acceptors (Lipinski definition) is 14. The zero-order chi connectivity index (χ0) is 42.6. The summed E-state index contributed by atoms with van der Waals surface area (Å²) >= 11 is 0. The number of amides is 4. The van der Waals surface area contributed by atoms with Gasteiger partial charge >= 0.3 is 0 Å². The molecule has 0 saturated carbocycles. The fourth-order valence-electron chi connectivity index (χ4n) is 6.70. The minimum absolute atomic E-state index is 0.0240. The van der Waals surface area contributed by atoms with Crippen LogP contribution in [-0.2, 0) is 44.5 Å². The average molecular weight is 827 g/mol. The quantitative estimate of drug-likeness (QED) is 0.0525. The van der Waals surface area contributed by atoms with Crippen LogP contribution in [-0.4, -0.2) is 155 Å². The molecule has 4 amide bonds. The third-order valence-corrected chi connectivity index (χ3v) is 10.4. The molecule has 0 radical (unpaired) electrons. The van der Waals surface area contributed by atoms with E-state index in [1.807, 2.05) is 44.2 Å². The van der Waals surface area contributed by atoms with Crippen molar-refractivity contribution in [2.45, 2.75) is 152 Å². The number of carbonyl (C=O) groups is 4. The Kier molecular flexibility index (Phi) is 22.0. The van der Waals surface area contributed by atoms with Gasteiger partial charge in [0, 0.05) is 45.4 Å². The first kappa shape index (κ1) is 49.1. The fraction of sp³-hybridized carbons (Fsp3) is 0.750. The number of rotatable bonds is 25. The van der Waals surface area contributed by atoms with Gasteiger partial charge in [0.15, 0.2) is 12.6 Å².